The average molecular weight is 383 g/mol. The molecule has 0 saturated carbocycles. The Morgan fingerprint density at radius 3 is 2.44 bits per heavy atom. The summed E-state index contributed by atoms with van der Waals surface area (Å²) in [4.78, 5) is 12.1. The molecule has 0 aromatic heterocycles. The summed E-state index contributed by atoms with van der Waals surface area (Å²) in [6, 6.07) is 12.8. The van der Waals surface area contributed by atoms with E-state index in [1.807, 2.05) is 6.92 Å². The third kappa shape index (κ3) is 5.74. The number of halogens is 1. The van der Waals surface area contributed by atoms with Gasteiger partial charge in [-0.3, -0.25) is 4.79 Å². The molecule has 0 aliphatic carbocycles. The molecule has 8 heteroatoms. The summed E-state index contributed by atoms with van der Waals surface area (Å²) in [5.41, 5.74) is 0.474. The number of benzene rings is 2. The second kappa shape index (κ2) is 8.84. The Hall–Kier alpha value is -2.09. The molecule has 0 saturated heterocycles. The van der Waals surface area contributed by atoms with Gasteiger partial charge in [-0.25, -0.2) is 13.1 Å². The predicted molar refractivity (Wildman–Crippen MR) is 97.5 cm³/mol. The van der Waals surface area contributed by atoms with E-state index in [1.165, 1.54) is 24.3 Å². The van der Waals surface area contributed by atoms with Gasteiger partial charge in [-0.05, 0) is 42.8 Å². The fraction of sp³-hybridized carbons (Fsp3) is 0.235. The summed E-state index contributed by atoms with van der Waals surface area (Å²) in [5, 5.41) is 3.05. The van der Waals surface area contributed by atoms with Crippen molar-refractivity contribution >= 4 is 33.2 Å². The van der Waals surface area contributed by atoms with Crippen molar-refractivity contribution < 1.29 is 17.9 Å². The van der Waals surface area contributed by atoms with Crippen LogP contribution in [0.15, 0.2) is 53.4 Å². The van der Waals surface area contributed by atoms with Crippen LogP contribution in [-0.2, 0) is 14.8 Å². The van der Waals surface area contributed by atoms with Gasteiger partial charge in [0.1, 0.15) is 5.75 Å². The standard InChI is InChI=1S/C17H19ClN2O4S/c1-2-11-19-25(22,23)14-9-7-13(8-10-14)20-17(21)12-24-16-6-4-3-5-15(16)18/h3-10,19H,2,11-12H2,1H3,(H,20,21). The molecule has 0 fully saturated rings. The van der Waals surface area contributed by atoms with Crippen molar-refractivity contribution in [1.29, 1.82) is 0 Å². The zero-order valence-electron chi connectivity index (χ0n) is 13.7. The van der Waals surface area contributed by atoms with Crippen LogP contribution in [0.3, 0.4) is 0 Å². The average Bonchev–Trinajstić information content (AvgIpc) is 2.60. The number of anilines is 1. The molecule has 134 valence electrons. The number of carbonyl (C=O) groups is 1. The minimum Gasteiger partial charge on any atom is -0.482 e. The highest BCUT2D eigenvalue weighted by atomic mass is 35.5. The molecule has 2 N–H and O–H groups in total. The van der Waals surface area contributed by atoms with E-state index in [2.05, 4.69) is 10.0 Å². The number of sulfonamides is 1. The Morgan fingerprint density at radius 2 is 1.80 bits per heavy atom. The van der Waals surface area contributed by atoms with E-state index < -0.39 is 10.0 Å². The summed E-state index contributed by atoms with van der Waals surface area (Å²) < 4.78 is 31.8. The Kier molecular flexibility index (Phi) is 6.81. The monoisotopic (exact) mass is 382 g/mol. The SMILES string of the molecule is CCCNS(=O)(=O)c1ccc(NC(=O)COc2ccccc2Cl)cc1. The molecule has 2 aromatic rings. The van der Waals surface area contributed by atoms with Crippen molar-refractivity contribution in [3.63, 3.8) is 0 Å². The second-order valence-electron chi connectivity index (χ2n) is 5.19. The Balaban J connectivity index is 1.92. The van der Waals surface area contributed by atoms with Gasteiger partial charge >= 0.3 is 0 Å². The first-order chi connectivity index (χ1) is 11.9. The molecular weight excluding hydrogens is 364 g/mol. The minimum atomic E-state index is -3.52. The molecule has 2 rings (SSSR count). The smallest absolute Gasteiger partial charge is 0.262 e. The maximum Gasteiger partial charge on any atom is 0.262 e. The molecule has 0 heterocycles. The summed E-state index contributed by atoms with van der Waals surface area (Å²) >= 11 is 5.94. The fourth-order valence-corrected chi connectivity index (χ4v) is 3.26. The second-order valence-corrected chi connectivity index (χ2v) is 7.36. The largest absolute Gasteiger partial charge is 0.482 e. The third-order valence-electron chi connectivity index (χ3n) is 3.19. The maximum atomic E-state index is 12.0. The number of ether oxygens (including phenoxy) is 1. The first-order valence-electron chi connectivity index (χ1n) is 7.69. The fourth-order valence-electron chi connectivity index (χ4n) is 1.94. The molecular formula is C17H19ClN2O4S. The topological polar surface area (TPSA) is 84.5 Å². The first-order valence-corrected chi connectivity index (χ1v) is 9.55. The van der Waals surface area contributed by atoms with Gasteiger partial charge in [-0.1, -0.05) is 30.7 Å². The molecule has 0 atom stereocenters. The predicted octanol–water partition coefficient (Wildman–Crippen LogP) is 3.05. The number of nitrogens with one attached hydrogen (secondary N) is 2. The zero-order chi connectivity index (χ0) is 18.3. The quantitative estimate of drug-likeness (QED) is 0.734. The lowest BCUT2D eigenvalue weighted by atomic mass is 10.3. The molecule has 0 radical (unpaired) electrons. The molecule has 6 nitrogen and oxygen atoms in total. The lowest BCUT2D eigenvalue weighted by Crippen LogP contribution is -2.24. The van der Waals surface area contributed by atoms with Crippen LogP contribution in [-0.4, -0.2) is 27.5 Å². The van der Waals surface area contributed by atoms with Crippen LogP contribution < -0.4 is 14.8 Å². The van der Waals surface area contributed by atoms with Gasteiger partial charge in [-0.15, -0.1) is 0 Å². The number of para-hydroxylation sites is 1. The normalized spacial score (nSPS) is 11.1. The van der Waals surface area contributed by atoms with E-state index in [1.54, 1.807) is 24.3 Å². The molecule has 0 unspecified atom stereocenters. The van der Waals surface area contributed by atoms with E-state index in [4.69, 9.17) is 16.3 Å². The van der Waals surface area contributed by atoms with E-state index in [0.717, 1.165) is 0 Å². The van der Waals surface area contributed by atoms with Gasteiger partial charge in [-0.2, -0.15) is 0 Å². The highest BCUT2D eigenvalue weighted by Gasteiger charge is 2.13. The molecule has 2 aromatic carbocycles. The van der Waals surface area contributed by atoms with Crippen LogP contribution in [0.25, 0.3) is 0 Å². The lowest BCUT2D eigenvalue weighted by Gasteiger charge is -2.09. The van der Waals surface area contributed by atoms with Crippen molar-refractivity contribution in [1.82, 2.24) is 4.72 Å². The van der Waals surface area contributed by atoms with E-state index in [-0.39, 0.29) is 17.4 Å². The van der Waals surface area contributed by atoms with Crippen LogP contribution in [0.4, 0.5) is 5.69 Å². The summed E-state index contributed by atoms with van der Waals surface area (Å²) in [5.74, 6) is 0.0439. The maximum absolute atomic E-state index is 12.0. The van der Waals surface area contributed by atoms with Gasteiger partial charge in [0, 0.05) is 12.2 Å². The lowest BCUT2D eigenvalue weighted by molar-refractivity contribution is -0.118. The van der Waals surface area contributed by atoms with Gasteiger partial charge in [0.2, 0.25) is 10.0 Å². The molecule has 0 spiro atoms. The van der Waals surface area contributed by atoms with Crippen molar-refractivity contribution in [3.8, 4) is 5.75 Å². The van der Waals surface area contributed by atoms with Gasteiger partial charge in [0.15, 0.2) is 6.61 Å². The third-order valence-corrected chi connectivity index (χ3v) is 4.98. The summed E-state index contributed by atoms with van der Waals surface area (Å²) in [7, 11) is -3.52. The van der Waals surface area contributed by atoms with Gasteiger partial charge in [0.25, 0.3) is 5.91 Å². The molecule has 25 heavy (non-hydrogen) atoms. The Morgan fingerprint density at radius 1 is 1.12 bits per heavy atom. The molecule has 0 aliphatic rings. The van der Waals surface area contributed by atoms with Gasteiger partial charge < -0.3 is 10.1 Å². The molecule has 0 aliphatic heterocycles. The van der Waals surface area contributed by atoms with E-state index >= 15 is 0 Å². The Bertz CT molecular complexity index is 823. The summed E-state index contributed by atoms with van der Waals surface area (Å²) in [6.07, 6.45) is 0.707. The summed E-state index contributed by atoms with van der Waals surface area (Å²) in [6.45, 7) is 2.05. The van der Waals surface area contributed by atoms with Crippen molar-refractivity contribution in [2.24, 2.45) is 0 Å². The highest BCUT2D eigenvalue weighted by Crippen LogP contribution is 2.23. The van der Waals surface area contributed by atoms with E-state index in [9.17, 15) is 13.2 Å². The van der Waals surface area contributed by atoms with Crippen molar-refractivity contribution in [3.05, 3.63) is 53.6 Å². The van der Waals surface area contributed by atoms with Crippen LogP contribution in [0.5, 0.6) is 5.75 Å². The molecule has 0 bridgehead atoms. The number of amides is 1. The Labute approximate surface area is 152 Å². The van der Waals surface area contributed by atoms with Gasteiger partial charge in [0.05, 0.1) is 9.92 Å². The minimum absolute atomic E-state index is 0.145. The van der Waals surface area contributed by atoms with Crippen LogP contribution >= 0.6 is 11.6 Å². The van der Waals surface area contributed by atoms with Crippen LogP contribution in [0, 0.1) is 0 Å². The number of hydrogen-bond donors (Lipinski definition) is 2. The van der Waals surface area contributed by atoms with Crippen LogP contribution in [0.1, 0.15) is 13.3 Å². The number of carbonyl (C=O) groups excluding carboxylic acids is 1. The molecule has 1 amide bonds. The first kappa shape index (κ1) is 19.2. The van der Waals surface area contributed by atoms with Crippen LogP contribution in [0.2, 0.25) is 5.02 Å². The zero-order valence-corrected chi connectivity index (χ0v) is 15.2. The number of rotatable bonds is 8. The number of hydrogen-bond acceptors (Lipinski definition) is 4. The van der Waals surface area contributed by atoms with E-state index in [0.29, 0.717) is 29.4 Å². The van der Waals surface area contributed by atoms with Crippen molar-refractivity contribution in [2.75, 3.05) is 18.5 Å². The van der Waals surface area contributed by atoms with Crippen molar-refractivity contribution in [2.45, 2.75) is 18.2 Å². The highest BCUT2D eigenvalue weighted by molar-refractivity contribution is 7.89.